The van der Waals surface area contributed by atoms with E-state index in [0.29, 0.717) is 5.25 Å². The van der Waals surface area contributed by atoms with Crippen LogP contribution in [0, 0.1) is 0 Å². The molecule has 116 valence electrons. The first-order valence-corrected chi connectivity index (χ1v) is 9.03. The first kappa shape index (κ1) is 16.8. The van der Waals surface area contributed by atoms with Gasteiger partial charge in [0.25, 0.3) is 0 Å². The molecule has 2 unspecified atom stereocenters. The van der Waals surface area contributed by atoms with Crippen molar-refractivity contribution in [1.82, 2.24) is 5.32 Å². The maximum atomic E-state index is 12.2. The molecule has 2 atom stereocenters. The van der Waals surface area contributed by atoms with Crippen molar-refractivity contribution in [3.05, 3.63) is 28.7 Å². The van der Waals surface area contributed by atoms with Gasteiger partial charge in [0.1, 0.15) is 5.54 Å². The van der Waals surface area contributed by atoms with Crippen LogP contribution in [0.1, 0.15) is 32.6 Å². The van der Waals surface area contributed by atoms with Crippen molar-refractivity contribution in [1.29, 1.82) is 0 Å². The smallest absolute Gasteiger partial charge is 0.326 e. The van der Waals surface area contributed by atoms with Gasteiger partial charge >= 0.3 is 5.97 Å². The number of esters is 1. The van der Waals surface area contributed by atoms with Crippen LogP contribution in [-0.4, -0.2) is 30.4 Å². The predicted octanol–water partition coefficient (Wildman–Crippen LogP) is 4.01. The third-order valence-electron chi connectivity index (χ3n) is 3.89. The molecule has 0 radical (unpaired) electrons. The van der Waals surface area contributed by atoms with Gasteiger partial charge in [-0.05, 0) is 60.3 Å². The van der Waals surface area contributed by atoms with Crippen molar-refractivity contribution in [3.8, 4) is 0 Å². The van der Waals surface area contributed by atoms with E-state index < -0.39 is 5.54 Å². The van der Waals surface area contributed by atoms with E-state index in [0.717, 1.165) is 36.7 Å². The summed E-state index contributed by atoms with van der Waals surface area (Å²) in [5.41, 5.74) is -0.496. The van der Waals surface area contributed by atoms with E-state index in [1.165, 1.54) is 12.0 Å². The minimum atomic E-state index is -0.496. The van der Waals surface area contributed by atoms with Gasteiger partial charge in [-0.25, -0.2) is 0 Å². The molecule has 3 nitrogen and oxygen atoms in total. The van der Waals surface area contributed by atoms with Gasteiger partial charge in [-0.3, -0.25) is 4.79 Å². The molecular formula is C16H22BrNO2S. The topological polar surface area (TPSA) is 38.3 Å². The van der Waals surface area contributed by atoms with Crippen molar-refractivity contribution < 1.29 is 9.53 Å². The summed E-state index contributed by atoms with van der Waals surface area (Å²) >= 11 is 5.44. The molecule has 1 N–H and O–H groups in total. The van der Waals surface area contributed by atoms with Gasteiger partial charge in [0.2, 0.25) is 0 Å². The van der Waals surface area contributed by atoms with Crippen LogP contribution in [0.3, 0.4) is 0 Å². The van der Waals surface area contributed by atoms with E-state index in [1.54, 1.807) is 0 Å². The lowest BCUT2D eigenvalue weighted by Gasteiger charge is -2.27. The molecule has 0 aromatic heterocycles. The number of methoxy groups -OCH3 is 1. The Morgan fingerprint density at radius 3 is 2.95 bits per heavy atom. The summed E-state index contributed by atoms with van der Waals surface area (Å²) in [6.45, 7) is 2.96. The largest absolute Gasteiger partial charge is 0.468 e. The highest BCUT2D eigenvalue weighted by Crippen LogP contribution is 2.42. The first-order valence-electron chi connectivity index (χ1n) is 7.36. The van der Waals surface area contributed by atoms with E-state index in [9.17, 15) is 4.79 Å². The summed E-state index contributed by atoms with van der Waals surface area (Å²) in [4.78, 5) is 13.4. The number of hydrogen-bond donors (Lipinski definition) is 1. The Morgan fingerprint density at radius 2 is 2.29 bits per heavy atom. The highest BCUT2D eigenvalue weighted by atomic mass is 79.9. The summed E-state index contributed by atoms with van der Waals surface area (Å²) in [7, 11) is 1.48. The SMILES string of the molecule is CCCNC1(C(=O)OC)CCC(Sc2ccccc2Br)C1. The number of hydrogen-bond acceptors (Lipinski definition) is 4. The quantitative estimate of drug-likeness (QED) is 0.766. The molecule has 0 bridgehead atoms. The Kier molecular flexibility index (Phi) is 6.14. The summed E-state index contributed by atoms with van der Waals surface area (Å²) in [5.74, 6) is -0.119. The fourth-order valence-electron chi connectivity index (χ4n) is 2.80. The van der Waals surface area contributed by atoms with Crippen molar-refractivity contribution >= 4 is 33.7 Å². The third-order valence-corrected chi connectivity index (χ3v) is 6.19. The minimum absolute atomic E-state index is 0.119. The first-order chi connectivity index (χ1) is 10.1. The molecule has 21 heavy (non-hydrogen) atoms. The maximum absolute atomic E-state index is 12.2. The molecule has 0 heterocycles. The van der Waals surface area contributed by atoms with Crippen molar-refractivity contribution in [2.24, 2.45) is 0 Å². The highest BCUT2D eigenvalue weighted by Gasteiger charge is 2.46. The molecule has 1 aromatic rings. The van der Waals surface area contributed by atoms with Crippen LogP contribution >= 0.6 is 27.7 Å². The van der Waals surface area contributed by atoms with Crippen LogP contribution in [0.2, 0.25) is 0 Å². The van der Waals surface area contributed by atoms with Gasteiger partial charge < -0.3 is 10.1 Å². The normalized spacial score (nSPS) is 25.0. The Hall–Kier alpha value is -0.520. The van der Waals surface area contributed by atoms with E-state index in [1.807, 2.05) is 23.9 Å². The molecule has 1 aliphatic carbocycles. The van der Waals surface area contributed by atoms with Crippen molar-refractivity contribution in [3.63, 3.8) is 0 Å². The van der Waals surface area contributed by atoms with E-state index in [2.05, 4.69) is 40.3 Å². The predicted molar refractivity (Wildman–Crippen MR) is 90.7 cm³/mol. The van der Waals surface area contributed by atoms with Gasteiger partial charge in [-0.1, -0.05) is 19.1 Å². The average molecular weight is 372 g/mol. The van der Waals surface area contributed by atoms with Crippen molar-refractivity contribution in [2.75, 3.05) is 13.7 Å². The van der Waals surface area contributed by atoms with E-state index in [-0.39, 0.29) is 5.97 Å². The van der Waals surface area contributed by atoms with Crippen LogP contribution in [0.25, 0.3) is 0 Å². The molecule has 2 rings (SSSR count). The zero-order valence-corrected chi connectivity index (χ0v) is 14.9. The average Bonchev–Trinajstić information content (AvgIpc) is 2.91. The van der Waals surface area contributed by atoms with Crippen LogP contribution in [0.5, 0.6) is 0 Å². The highest BCUT2D eigenvalue weighted by molar-refractivity contribution is 9.10. The van der Waals surface area contributed by atoms with Crippen molar-refractivity contribution in [2.45, 2.75) is 48.3 Å². The minimum Gasteiger partial charge on any atom is -0.468 e. The molecule has 5 heteroatoms. The van der Waals surface area contributed by atoms with Crippen LogP contribution in [0.15, 0.2) is 33.6 Å². The number of rotatable bonds is 6. The Morgan fingerprint density at radius 1 is 1.52 bits per heavy atom. The number of carbonyl (C=O) groups is 1. The molecule has 0 amide bonds. The summed E-state index contributed by atoms with van der Waals surface area (Å²) in [6, 6.07) is 8.24. The van der Waals surface area contributed by atoms with Gasteiger partial charge in [0.05, 0.1) is 7.11 Å². The number of ether oxygens (including phenoxy) is 1. The second-order valence-electron chi connectivity index (χ2n) is 5.41. The standard InChI is InChI=1S/C16H22BrNO2S/c1-3-10-18-16(15(19)20-2)9-8-12(11-16)21-14-7-5-4-6-13(14)17/h4-7,12,18H,3,8-11H2,1-2H3. The maximum Gasteiger partial charge on any atom is 0.326 e. The number of benzene rings is 1. The second-order valence-corrected chi connectivity index (χ2v) is 7.61. The lowest BCUT2D eigenvalue weighted by molar-refractivity contribution is -0.148. The van der Waals surface area contributed by atoms with E-state index in [4.69, 9.17) is 4.74 Å². The van der Waals surface area contributed by atoms with Crippen LogP contribution in [-0.2, 0) is 9.53 Å². The molecule has 0 saturated heterocycles. The molecule has 0 spiro atoms. The molecular weight excluding hydrogens is 350 g/mol. The summed E-state index contributed by atoms with van der Waals surface area (Å²) in [6.07, 6.45) is 3.71. The molecule has 1 saturated carbocycles. The Balaban J connectivity index is 2.06. The lowest BCUT2D eigenvalue weighted by Crippen LogP contribution is -2.51. The number of nitrogens with one attached hydrogen (secondary N) is 1. The van der Waals surface area contributed by atoms with Gasteiger partial charge in [-0.2, -0.15) is 0 Å². The fourth-order valence-corrected chi connectivity index (χ4v) is 4.66. The summed E-state index contributed by atoms with van der Waals surface area (Å²) < 4.78 is 6.15. The number of thioether (sulfide) groups is 1. The van der Waals surface area contributed by atoms with Crippen LogP contribution in [0.4, 0.5) is 0 Å². The zero-order chi connectivity index (χ0) is 15.3. The lowest BCUT2D eigenvalue weighted by atomic mass is 9.97. The van der Waals surface area contributed by atoms with Gasteiger partial charge in [0, 0.05) is 14.6 Å². The summed E-state index contributed by atoms with van der Waals surface area (Å²) in [5, 5.41) is 3.86. The Bertz CT molecular complexity index is 497. The molecule has 1 fully saturated rings. The molecule has 0 aliphatic heterocycles. The third kappa shape index (κ3) is 4.02. The number of carbonyl (C=O) groups excluding carboxylic acids is 1. The Labute approximate surface area is 139 Å². The fraction of sp³-hybridized carbons (Fsp3) is 0.562. The number of halogens is 1. The second kappa shape index (κ2) is 7.65. The molecule has 1 aromatic carbocycles. The van der Waals surface area contributed by atoms with Gasteiger partial charge in [0.15, 0.2) is 0 Å². The van der Waals surface area contributed by atoms with E-state index >= 15 is 0 Å². The van der Waals surface area contributed by atoms with Crippen LogP contribution < -0.4 is 5.32 Å². The monoisotopic (exact) mass is 371 g/mol. The zero-order valence-electron chi connectivity index (χ0n) is 12.5. The van der Waals surface area contributed by atoms with Gasteiger partial charge in [-0.15, -0.1) is 11.8 Å². The molecule has 1 aliphatic rings.